The Bertz CT molecular complexity index is 2220. The fraction of sp³-hybridized carbons (Fsp3) is 0. The maximum Gasteiger partial charge on any atom is 0.242 e. The number of rotatable bonds is 2. The van der Waals surface area contributed by atoms with Gasteiger partial charge in [0.05, 0.1) is 11.0 Å². The summed E-state index contributed by atoms with van der Waals surface area (Å²) in [6.07, 6.45) is 0. The van der Waals surface area contributed by atoms with Gasteiger partial charge in [-0.1, -0.05) is 132 Å². The molecule has 3 heteroatoms. The molecule has 6 aromatic carbocycles. The van der Waals surface area contributed by atoms with Crippen molar-refractivity contribution in [1.82, 2.24) is 4.57 Å². The van der Waals surface area contributed by atoms with E-state index >= 15 is 0 Å². The summed E-state index contributed by atoms with van der Waals surface area (Å²) in [5, 5.41) is 3.71. The first kappa shape index (κ1) is 22.5. The molecule has 0 amide bonds. The van der Waals surface area contributed by atoms with Crippen LogP contribution in [0.4, 0.5) is 0 Å². The Kier molecular flexibility index (Phi) is 4.73. The lowest BCUT2D eigenvalue weighted by Crippen LogP contribution is -2.52. The number of fused-ring (bicyclic) bond motifs is 10. The third-order valence-corrected chi connectivity index (χ3v) is 8.72. The molecule has 0 fully saturated rings. The normalized spacial score (nSPS) is 12.3. The van der Waals surface area contributed by atoms with Crippen molar-refractivity contribution in [3.63, 3.8) is 0 Å². The zero-order valence-electron chi connectivity index (χ0n) is 22.3. The summed E-state index contributed by atoms with van der Waals surface area (Å²) in [6.45, 7) is 0.0796. The van der Waals surface area contributed by atoms with Gasteiger partial charge in [-0.05, 0) is 35.9 Å². The van der Waals surface area contributed by atoms with Gasteiger partial charge in [0, 0.05) is 33.0 Å². The van der Waals surface area contributed by atoms with E-state index in [0.717, 1.165) is 22.3 Å². The number of para-hydroxylation sites is 3. The van der Waals surface area contributed by atoms with E-state index in [4.69, 9.17) is 4.42 Å². The van der Waals surface area contributed by atoms with Crippen LogP contribution in [-0.4, -0.2) is 11.3 Å². The first-order valence-corrected chi connectivity index (χ1v) is 14.2. The highest BCUT2D eigenvalue weighted by atomic mass is 16.3. The molecule has 0 N–H and O–H groups in total. The van der Waals surface area contributed by atoms with Gasteiger partial charge < -0.3 is 8.98 Å². The molecule has 1 aliphatic heterocycles. The van der Waals surface area contributed by atoms with Crippen LogP contribution in [0, 0.1) is 0 Å². The molecule has 0 aliphatic carbocycles. The number of aromatic nitrogens is 1. The zero-order valence-corrected chi connectivity index (χ0v) is 22.3. The molecular formula is C38H24BNO. The van der Waals surface area contributed by atoms with Crippen molar-refractivity contribution < 1.29 is 4.42 Å². The van der Waals surface area contributed by atoms with Crippen LogP contribution in [0.2, 0.25) is 0 Å². The topological polar surface area (TPSA) is 18.1 Å². The first-order chi connectivity index (χ1) is 20.4. The van der Waals surface area contributed by atoms with Crippen molar-refractivity contribution in [2.24, 2.45) is 0 Å². The SMILES string of the molecule is c1ccc2c(c1)B(c1ccc(-n3c4ccccc4c4ccccc43)cc1)c1ccccc1-c1c-2oc2ccccc12. The molecule has 3 heterocycles. The zero-order chi connectivity index (χ0) is 26.9. The minimum Gasteiger partial charge on any atom is -0.455 e. The van der Waals surface area contributed by atoms with E-state index in [1.165, 1.54) is 55.0 Å². The van der Waals surface area contributed by atoms with Gasteiger partial charge in [0.15, 0.2) is 0 Å². The standard InChI is InChI=1S/C38H24BNO/c1-6-16-32-29(13-1)37-31-15-5-10-20-36(31)41-38(37)30-14-2-7-17-33(30)39(32)25-21-23-26(24-22-25)40-34-18-8-3-11-27(34)28-12-4-9-19-35(28)40/h1-24H. The summed E-state index contributed by atoms with van der Waals surface area (Å²) in [5.41, 5.74) is 12.0. The fourth-order valence-electron chi connectivity index (χ4n) is 6.98. The maximum atomic E-state index is 6.58. The average molecular weight is 521 g/mol. The first-order valence-electron chi connectivity index (χ1n) is 14.2. The van der Waals surface area contributed by atoms with E-state index in [1.54, 1.807) is 0 Å². The Morgan fingerprint density at radius 3 is 1.71 bits per heavy atom. The van der Waals surface area contributed by atoms with Crippen molar-refractivity contribution in [2.75, 3.05) is 0 Å². The highest BCUT2D eigenvalue weighted by molar-refractivity contribution is 6.97. The lowest BCUT2D eigenvalue weighted by molar-refractivity contribution is 0.633. The minimum atomic E-state index is 0.0796. The highest BCUT2D eigenvalue weighted by Crippen LogP contribution is 2.41. The smallest absolute Gasteiger partial charge is 0.242 e. The molecule has 190 valence electrons. The van der Waals surface area contributed by atoms with Crippen LogP contribution in [0.3, 0.4) is 0 Å². The van der Waals surface area contributed by atoms with E-state index in [0.29, 0.717) is 0 Å². The Labute approximate surface area is 238 Å². The largest absolute Gasteiger partial charge is 0.455 e. The van der Waals surface area contributed by atoms with Crippen LogP contribution in [-0.2, 0) is 0 Å². The predicted octanol–water partition coefficient (Wildman–Crippen LogP) is 7.69. The summed E-state index contributed by atoms with van der Waals surface area (Å²) in [7, 11) is 0. The van der Waals surface area contributed by atoms with Gasteiger partial charge in [-0.2, -0.15) is 0 Å². The quantitative estimate of drug-likeness (QED) is 0.213. The van der Waals surface area contributed by atoms with E-state index in [-0.39, 0.29) is 6.71 Å². The number of nitrogens with zero attached hydrogens (tertiary/aromatic N) is 1. The molecule has 41 heavy (non-hydrogen) atoms. The molecule has 9 rings (SSSR count). The van der Waals surface area contributed by atoms with Crippen LogP contribution in [0.15, 0.2) is 150 Å². The van der Waals surface area contributed by atoms with Gasteiger partial charge >= 0.3 is 0 Å². The van der Waals surface area contributed by atoms with Crippen molar-refractivity contribution in [3.05, 3.63) is 146 Å². The highest BCUT2D eigenvalue weighted by Gasteiger charge is 2.34. The van der Waals surface area contributed by atoms with Gasteiger partial charge in [0.1, 0.15) is 11.3 Å². The van der Waals surface area contributed by atoms with Crippen LogP contribution in [0.5, 0.6) is 0 Å². The van der Waals surface area contributed by atoms with Gasteiger partial charge in [0.2, 0.25) is 6.71 Å². The lowest BCUT2D eigenvalue weighted by Gasteiger charge is -2.19. The third kappa shape index (κ3) is 3.20. The summed E-state index contributed by atoms with van der Waals surface area (Å²) in [6, 6.07) is 52.5. The van der Waals surface area contributed by atoms with Crippen molar-refractivity contribution >= 4 is 55.9 Å². The molecule has 0 unspecified atom stereocenters. The average Bonchev–Trinajstić information content (AvgIpc) is 3.55. The lowest BCUT2D eigenvalue weighted by atomic mass is 9.36. The molecule has 0 radical (unpaired) electrons. The Balaban J connectivity index is 1.27. The summed E-state index contributed by atoms with van der Waals surface area (Å²) in [4.78, 5) is 0. The second-order valence-electron chi connectivity index (χ2n) is 10.9. The van der Waals surface area contributed by atoms with E-state index < -0.39 is 0 Å². The van der Waals surface area contributed by atoms with Gasteiger partial charge in [0.25, 0.3) is 0 Å². The molecule has 0 saturated heterocycles. The number of benzene rings is 6. The van der Waals surface area contributed by atoms with Crippen molar-refractivity contribution in [1.29, 1.82) is 0 Å². The molecule has 1 aliphatic rings. The monoisotopic (exact) mass is 521 g/mol. The molecule has 0 saturated carbocycles. The van der Waals surface area contributed by atoms with Crippen LogP contribution < -0.4 is 16.4 Å². The van der Waals surface area contributed by atoms with E-state index in [2.05, 4.69) is 144 Å². The number of hydrogen-bond acceptors (Lipinski definition) is 1. The molecular weight excluding hydrogens is 497 g/mol. The van der Waals surface area contributed by atoms with Crippen molar-refractivity contribution in [3.8, 4) is 28.1 Å². The molecule has 2 aromatic heterocycles. The molecule has 2 nitrogen and oxygen atoms in total. The molecule has 8 aromatic rings. The second-order valence-corrected chi connectivity index (χ2v) is 10.9. The summed E-state index contributed by atoms with van der Waals surface area (Å²) >= 11 is 0. The predicted molar refractivity (Wildman–Crippen MR) is 173 cm³/mol. The molecule has 0 spiro atoms. The molecule has 0 atom stereocenters. The summed E-state index contributed by atoms with van der Waals surface area (Å²) in [5.74, 6) is 0.957. The second kappa shape index (κ2) is 8.61. The number of hydrogen-bond donors (Lipinski definition) is 0. The maximum absolute atomic E-state index is 6.58. The van der Waals surface area contributed by atoms with E-state index in [9.17, 15) is 0 Å². The fourth-order valence-corrected chi connectivity index (χ4v) is 6.98. The Morgan fingerprint density at radius 2 is 1.00 bits per heavy atom. The Morgan fingerprint density at radius 1 is 0.463 bits per heavy atom. The van der Waals surface area contributed by atoms with Crippen LogP contribution in [0.1, 0.15) is 0 Å². The Hall–Kier alpha value is -5.28. The number of furan rings is 1. The summed E-state index contributed by atoms with van der Waals surface area (Å²) < 4.78 is 8.96. The van der Waals surface area contributed by atoms with Crippen LogP contribution in [0.25, 0.3) is 60.9 Å². The van der Waals surface area contributed by atoms with E-state index in [1.807, 2.05) is 6.07 Å². The van der Waals surface area contributed by atoms with Gasteiger partial charge in [-0.3, -0.25) is 0 Å². The van der Waals surface area contributed by atoms with Gasteiger partial charge in [-0.15, -0.1) is 0 Å². The molecule has 0 bridgehead atoms. The third-order valence-electron chi connectivity index (χ3n) is 8.72. The minimum absolute atomic E-state index is 0.0796. The van der Waals surface area contributed by atoms with Crippen LogP contribution >= 0.6 is 0 Å². The van der Waals surface area contributed by atoms with Crippen molar-refractivity contribution in [2.45, 2.75) is 0 Å². The van der Waals surface area contributed by atoms with Gasteiger partial charge in [-0.25, -0.2) is 0 Å².